The maximum Gasteiger partial charge on any atom is 0.495 e. The molecule has 1 spiro atoms. The Balaban J connectivity index is 1.68. The summed E-state index contributed by atoms with van der Waals surface area (Å²) in [6, 6.07) is 6.47. The number of fused-ring (bicyclic) bond motifs is 2. The van der Waals surface area contributed by atoms with E-state index in [1.165, 1.54) is 11.1 Å². The van der Waals surface area contributed by atoms with E-state index in [1.807, 2.05) is 0 Å². The lowest BCUT2D eigenvalue weighted by Gasteiger charge is -2.32. The molecule has 4 nitrogen and oxygen atoms in total. The molecule has 2 fully saturated rings. The first kappa shape index (κ1) is 18.1. The third-order valence-corrected chi connectivity index (χ3v) is 6.97. The van der Waals surface area contributed by atoms with Gasteiger partial charge in [0.15, 0.2) is 0 Å². The average Bonchev–Trinajstić information content (AvgIpc) is 3.14. The number of nitrogens with zero attached hydrogens (tertiary/aromatic N) is 1. The van der Waals surface area contributed by atoms with Crippen LogP contribution in [0.1, 0.15) is 65.0 Å². The molecule has 26 heavy (non-hydrogen) atoms. The Kier molecular flexibility index (Phi) is 4.05. The minimum atomic E-state index is -0.335. The number of amides is 1. The summed E-state index contributed by atoms with van der Waals surface area (Å²) in [6.07, 6.45) is 3.71. The Bertz CT molecular complexity index is 729. The summed E-state index contributed by atoms with van der Waals surface area (Å²) in [6.45, 7) is 12.2. The van der Waals surface area contributed by atoms with Gasteiger partial charge in [-0.3, -0.25) is 4.79 Å². The highest BCUT2D eigenvalue weighted by atomic mass is 16.7. The molecule has 2 saturated heterocycles. The van der Waals surface area contributed by atoms with E-state index < -0.39 is 0 Å². The smallest absolute Gasteiger partial charge is 0.399 e. The lowest BCUT2D eigenvalue weighted by atomic mass is 9.73. The van der Waals surface area contributed by atoms with Crippen LogP contribution in [0.25, 0.3) is 0 Å². The number of rotatable bonds is 3. The summed E-state index contributed by atoms with van der Waals surface area (Å²) in [5.74, 6) is 0.306. The second-order valence-electron chi connectivity index (χ2n) is 9.23. The highest BCUT2D eigenvalue weighted by Crippen LogP contribution is 2.46. The van der Waals surface area contributed by atoms with Gasteiger partial charge < -0.3 is 14.2 Å². The maximum atomic E-state index is 12.5. The highest BCUT2D eigenvalue weighted by Gasteiger charge is 2.54. The molecule has 2 heterocycles. The third-order valence-electron chi connectivity index (χ3n) is 6.97. The lowest BCUT2D eigenvalue weighted by molar-refractivity contribution is -0.127. The van der Waals surface area contributed by atoms with Crippen molar-refractivity contribution < 1.29 is 14.1 Å². The second-order valence-corrected chi connectivity index (χ2v) is 9.23. The normalized spacial score (nSPS) is 29.0. The van der Waals surface area contributed by atoms with Crippen molar-refractivity contribution in [1.82, 2.24) is 4.90 Å². The fourth-order valence-electron chi connectivity index (χ4n) is 4.80. The van der Waals surface area contributed by atoms with Crippen molar-refractivity contribution >= 4 is 18.5 Å². The van der Waals surface area contributed by atoms with Crippen LogP contribution in [0.2, 0.25) is 0 Å². The SMILES string of the molecule is CCCN1CC2(CCc3c(B4OC(C)(C)C(C)(C)O4)cccc32)CC1=O. The van der Waals surface area contributed by atoms with E-state index in [1.54, 1.807) is 0 Å². The van der Waals surface area contributed by atoms with Crippen LogP contribution in [0.3, 0.4) is 0 Å². The first-order valence-corrected chi connectivity index (χ1v) is 9.95. The zero-order valence-electron chi connectivity index (χ0n) is 16.7. The van der Waals surface area contributed by atoms with E-state index in [2.05, 4.69) is 57.7 Å². The summed E-state index contributed by atoms with van der Waals surface area (Å²) < 4.78 is 12.6. The number of carbonyl (C=O) groups is 1. The second kappa shape index (κ2) is 5.83. The predicted octanol–water partition coefficient (Wildman–Crippen LogP) is 2.81. The van der Waals surface area contributed by atoms with Crippen LogP contribution in [0, 0.1) is 0 Å². The standard InChI is InChI=1S/C21H30BNO3/c1-6-12-23-14-21(13-18(23)24)11-10-15-16(21)8-7-9-17(15)22-25-19(2,3)20(4,5)26-22/h7-9H,6,10-14H2,1-5H3. The highest BCUT2D eigenvalue weighted by molar-refractivity contribution is 6.62. The quantitative estimate of drug-likeness (QED) is 0.783. The average molecular weight is 355 g/mol. The fraction of sp³-hybridized carbons (Fsp3) is 0.667. The Hall–Kier alpha value is -1.33. The van der Waals surface area contributed by atoms with Crippen molar-refractivity contribution in [3.8, 4) is 0 Å². The molecule has 3 aliphatic rings. The van der Waals surface area contributed by atoms with E-state index in [4.69, 9.17) is 9.31 Å². The van der Waals surface area contributed by atoms with Crippen LogP contribution >= 0.6 is 0 Å². The van der Waals surface area contributed by atoms with Gasteiger partial charge in [0.05, 0.1) is 11.2 Å². The minimum absolute atomic E-state index is 0.0127. The topological polar surface area (TPSA) is 38.8 Å². The summed E-state index contributed by atoms with van der Waals surface area (Å²) >= 11 is 0. The van der Waals surface area contributed by atoms with Crippen molar-refractivity contribution in [3.63, 3.8) is 0 Å². The van der Waals surface area contributed by atoms with Crippen LogP contribution < -0.4 is 5.46 Å². The van der Waals surface area contributed by atoms with E-state index >= 15 is 0 Å². The third kappa shape index (κ3) is 2.55. The van der Waals surface area contributed by atoms with Crippen LogP contribution in [-0.4, -0.2) is 42.2 Å². The molecular formula is C21H30BNO3. The number of hydrogen-bond acceptors (Lipinski definition) is 3. The van der Waals surface area contributed by atoms with E-state index in [0.29, 0.717) is 12.3 Å². The van der Waals surface area contributed by atoms with E-state index in [9.17, 15) is 4.79 Å². The zero-order chi connectivity index (χ0) is 18.7. The summed E-state index contributed by atoms with van der Waals surface area (Å²) in [4.78, 5) is 14.6. The number of likely N-dealkylation sites (tertiary alicyclic amines) is 1. The monoisotopic (exact) mass is 355 g/mol. The molecule has 1 aliphatic carbocycles. The molecule has 5 heteroatoms. The van der Waals surface area contributed by atoms with Gasteiger partial charge in [0.25, 0.3) is 0 Å². The van der Waals surface area contributed by atoms with Crippen molar-refractivity contribution in [2.24, 2.45) is 0 Å². The van der Waals surface area contributed by atoms with E-state index in [-0.39, 0.29) is 23.7 Å². The van der Waals surface area contributed by atoms with Gasteiger partial charge in [0.2, 0.25) is 5.91 Å². The Morgan fingerprint density at radius 3 is 2.50 bits per heavy atom. The molecule has 0 aromatic heterocycles. The molecule has 0 saturated carbocycles. The molecular weight excluding hydrogens is 325 g/mol. The molecule has 2 aliphatic heterocycles. The van der Waals surface area contributed by atoms with Gasteiger partial charge in [-0.05, 0) is 63.5 Å². The molecule has 140 valence electrons. The van der Waals surface area contributed by atoms with Gasteiger partial charge in [0.1, 0.15) is 0 Å². The van der Waals surface area contributed by atoms with Crippen molar-refractivity contribution in [3.05, 3.63) is 29.3 Å². The molecule has 4 rings (SSSR count). The maximum absolute atomic E-state index is 12.5. The van der Waals surface area contributed by atoms with Crippen molar-refractivity contribution in [1.29, 1.82) is 0 Å². The molecule has 1 unspecified atom stereocenters. The Morgan fingerprint density at radius 2 is 1.85 bits per heavy atom. The molecule has 0 bridgehead atoms. The van der Waals surface area contributed by atoms with Gasteiger partial charge in [-0.1, -0.05) is 25.1 Å². The van der Waals surface area contributed by atoms with Gasteiger partial charge >= 0.3 is 7.12 Å². The number of carbonyl (C=O) groups excluding carboxylic acids is 1. The van der Waals surface area contributed by atoms with Gasteiger partial charge in [-0.15, -0.1) is 0 Å². The van der Waals surface area contributed by atoms with Gasteiger partial charge in [-0.25, -0.2) is 0 Å². The molecule has 0 radical (unpaired) electrons. The number of benzene rings is 1. The molecule has 1 aromatic carbocycles. The molecule has 0 N–H and O–H groups in total. The predicted molar refractivity (Wildman–Crippen MR) is 104 cm³/mol. The van der Waals surface area contributed by atoms with Crippen molar-refractivity contribution in [2.75, 3.05) is 13.1 Å². The summed E-state index contributed by atoms with van der Waals surface area (Å²) in [7, 11) is -0.325. The minimum Gasteiger partial charge on any atom is -0.399 e. The van der Waals surface area contributed by atoms with Crippen LogP contribution in [0.15, 0.2) is 18.2 Å². The molecule has 1 aromatic rings. The Labute approximate surface area is 157 Å². The first-order chi connectivity index (χ1) is 12.2. The van der Waals surface area contributed by atoms with Crippen LogP contribution in [0.4, 0.5) is 0 Å². The Morgan fingerprint density at radius 1 is 1.15 bits per heavy atom. The fourth-order valence-corrected chi connectivity index (χ4v) is 4.80. The number of hydrogen-bond donors (Lipinski definition) is 0. The molecule has 1 atom stereocenters. The van der Waals surface area contributed by atoms with Crippen LogP contribution in [0.5, 0.6) is 0 Å². The molecule has 1 amide bonds. The van der Waals surface area contributed by atoms with Crippen LogP contribution in [-0.2, 0) is 25.9 Å². The lowest BCUT2D eigenvalue weighted by Crippen LogP contribution is -2.41. The van der Waals surface area contributed by atoms with Gasteiger partial charge in [-0.2, -0.15) is 0 Å². The van der Waals surface area contributed by atoms with Crippen molar-refractivity contribution in [2.45, 2.75) is 76.9 Å². The summed E-state index contributed by atoms with van der Waals surface area (Å²) in [5, 5.41) is 0. The van der Waals surface area contributed by atoms with Gasteiger partial charge in [0, 0.05) is 24.9 Å². The van der Waals surface area contributed by atoms with E-state index in [0.717, 1.165) is 37.8 Å². The largest absolute Gasteiger partial charge is 0.495 e. The zero-order valence-corrected chi connectivity index (χ0v) is 16.7. The summed E-state index contributed by atoms with van der Waals surface area (Å²) in [5.41, 5.74) is 3.16. The first-order valence-electron chi connectivity index (χ1n) is 9.95.